The van der Waals surface area contributed by atoms with Crippen molar-refractivity contribution in [2.45, 2.75) is 30.2 Å². The molecule has 0 unspecified atom stereocenters. The summed E-state index contributed by atoms with van der Waals surface area (Å²) >= 11 is 1.69. The molecule has 4 nitrogen and oxygen atoms in total. The lowest BCUT2D eigenvalue weighted by Gasteiger charge is -2.20. The smallest absolute Gasteiger partial charge is 0.177 e. The Kier molecular flexibility index (Phi) is 6.80. The van der Waals surface area contributed by atoms with Crippen molar-refractivity contribution in [3.63, 3.8) is 0 Å². The molecule has 128 valence electrons. The predicted molar refractivity (Wildman–Crippen MR) is 97.3 cm³/mol. The van der Waals surface area contributed by atoms with Crippen molar-refractivity contribution in [2.24, 2.45) is 5.73 Å². The fourth-order valence-corrected chi connectivity index (χ4v) is 2.39. The first-order valence-electron chi connectivity index (χ1n) is 7.76. The Morgan fingerprint density at radius 1 is 1.25 bits per heavy atom. The molecule has 0 aliphatic carbocycles. The molecule has 24 heavy (non-hydrogen) atoms. The lowest BCUT2D eigenvalue weighted by molar-refractivity contribution is 0.199. The molecule has 2 rings (SSSR count). The molecular weight excluding hydrogens is 322 g/mol. The van der Waals surface area contributed by atoms with Crippen LogP contribution >= 0.6 is 11.8 Å². The molecule has 5 heteroatoms. The molecule has 1 atom stereocenters. The average Bonchev–Trinajstić information content (AvgIpc) is 3.05. The Morgan fingerprint density at radius 3 is 2.67 bits per heavy atom. The van der Waals surface area contributed by atoms with Crippen molar-refractivity contribution in [3.8, 4) is 17.6 Å². The van der Waals surface area contributed by atoms with E-state index in [1.165, 1.54) is 4.90 Å². The van der Waals surface area contributed by atoms with Crippen LogP contribution in [0.2, 0.25) is 0 Å². The van der Waals surface area contributed by atoms with E-state index in [2.05, 4.69) is 11.8 Å². The Hall–Kier alpha value is -1.87. The van der Waals surface area contributed by atoms with E-state index < -0.39 is 5.54 Å². The summed E-state index contributed by atoms with van der Waals surface area (Å²) in [5, 5.41) is 9.15. The topological polar surface area (TPSA) is 68.6 Å². The van der Waals surface area contributed by atoms with E-state index in [0.717, 1.165) is 11.5 Å². The Bertz CT molecular complexity index is 695. The van der Waals surface area contributed by atoms with Gasteiger partial charge in [0.1, 0.15) is 18.1 Å². The highest BCUT2D eigenvalue weighted by molar-refractivity contribution is 7.98. The summed E-state index contributed by atoms with van der Waals surface area (Å²) in [6, 6.07) is 11.6. The van der Waals surface area contributed by atoms with Gasteiger partial charge in [-0.15, -0.1) is 11.8 Å². The largest absolute Gasteiger partial charge is 0.481 e. The molecule has 1 aromatic carbocycles. The van der Waals surface area contributed by atoms with E-state index >= 15 is 0 Å². The maximum Gasteiger partial charge on any atom is 0.177 e. The molecule has 0 spiro atoms. The van der Waals surface area contributed by atoms with E-state index in [4.69, 9.17) is 20.0 Å². The molecule has 0 saturated heterocycles. The Morgan fingerprint density at radius 2 is 2.00 bits per heavy atom. The van der Waals surface area contributed by atoms with Gasteiger partial charge in [-0.25, -0.2) is 0 Å². The van der Waals surface area contributed by atoms with Crippen LogP contribution in [0.15, 0.2) is 45.7 Å². The second kappa shape index (κ2) is 8.84. The van der Waals surface area contributed by atoms with Gasteiger partial charge in [-0.05, 0) is 61.9 Å². The SMILES string of the molecule is CSc1ccc(OCC#Cc2ccc(CC[C@@](C)(N)CO)o2)cc1. The maximum atomic E-state index is 9.15. The number of aliphatic hydroxyl groups is 1. The summed E-state index contributed by atoms with van der Waals surface area (Å²) in [4.78, 5) is 1.20. The average molecular weight is 345 g/mol. The number of aryl methyl sites for hydroxylation is 1. The van der Waals surface area contributed by atoms with Crippen LogP contribution in [-0.2, 0) is 6.42 Å². The number of ether oxygens (including phenoxy) is 1. The van der Waals surface area contributed by atoms with Crippen LogP contribution in [0.5, 0.6) is 5.75 Å². The number of hydrogen-bond donors (Lipinski definition) is 2. The molecular formula is C19H23NO3S. The maximum absolute atomic E-state index is 9.15. The van der Waals surface area contributed by atoms with E-state index in [-0.39, 0.29) is 6.61 Å². The molecule has 0 radical (unpaired) electrons. The van der Waals surface area contributed by atoms with Gasteiger partial charge in [0.2, 0.25) is 0 Å². The summed E-state index contributed by atoms with van der Waals surface area (Å²) in [6.45, 7) is 2.08. The van der Waals surface area contributed by atoms with Crippen LogP contribution in [0.3, 0.4) is 0 Å². The predicted octanol–water partition coefficient (Wildman–Crippen LogP) is 3.07. The molecule has 0 fully saturated rings. The number of aliphatic hydroxyl groups excluding tert-OH is 1. The van der Waals surface area contributed by atoms with Gasteiger partial charge in [0.05, 0.1) is 6.61 Å². The van der Waals surface area contributed by atoms with Crippen molar-refractivity contribution >= 4 is 11.8 Å². The zero-order valence-corrected chi connectivity index (χ0v) is 14.9. The van der Waals surface area contributed by atoms with Crippen molar-refractivity contribution < 1.29 is 14.3 Å². The summed E-state index contributed by atoms with van der Waals surface area (Å²) < 4.78 is 11.2. The van der Waals surface area contributed by atoms with Crippen LogP contribution in [-0.4, -0.2) is 30.1 Å². The quantitative estimate of drug-likeness (QED) is 0.596. The number of hydrogen-bond acceptors (Lipinski definition) is 5. The van der Waals surface area contributed by atoms with Crippen LogP contribution in [0, 0.1) is 11.8 Å². The van der Waals surface area contributed by atoms with E-state index in [9.17, 15) is 0 Å². The molecule has 0 aliphatic rings. The molecule has 2 aromatic rings. The van der Waals surface area contributed by atoms with Crippen molar-refractivity contribution in [2.75, 3.05) is 19.5 Å². The number of nitrogens with two attached hydrogens (primary N) is 1. The van der Waals surface area contributed by atoms with Gasteiger partial charge in [-0.3, -0.25) is 0 Å². The minimum atomic E-state index is -0.585. The number of furan rings is 1. The lowest BCUT2D eigenvalue weighted by atomic mass is 9.98. The lowest BCUT2D eigenvalue weighted by Crippen LogP contribution is -2.40. The first-order chi connectivity index (χ1) is 11.5. The number of rotatable bonds is 7. The van der Waals surface area contributed by atoms with Gasteiger partial charge in [0.25, 0.3) is 0 Å². The van der Waals surface area contributed by atoms with Crippen LogP contribution in [0.1, 0.15) is 24.9 Å². The van der Waals surface area contributed by atoms with Crippen LogP contribution in [0.25, 0.3) is 0 Å². The van der Waals surface area contributed by atoms with E-state index in [0.29, 0.717) is 25.2 Å². The third-order valence-electron chi connectivity index (χ3n) is 3.55. The van der Waals surface area contributed by atoms with Crippen molar-refractivity contribution in [1.82, 2.24) is 0 Å². The van der Waals surface area contributed by atoms with Gasteiger partial charge in [-0.2, -0.15) is 0 Å². The summed E-state index contributed by atoms with van der Waals surface area (Å²) in [5.41, 5.74) is 5.32. The standard InChI is InChI=1S/C19H23NO3S/c1-19(20,14-21)12-11-17-6-5-16(23-17)4-3-13-22-15-7-9-18(24-2)10-8-15/h5-10,21H,11-14,20H2,1-2H3/t19-/m1/s1. The van der Waals surface area contributed by atoms with E-state index in [1.54, 1.807) is 11.8 Å². The molecule has 0 aliphatic heterocycles. The second-order valence-electron chi connectivity index (χ2n) is 5.84. The van der Waals surface area contributed by atoms with Crippen molar-refractivity contribution in [1.29, 1.82) is 0 Å². The molecule has 1 heterocycles. The van der Waals surface area contributed by atoms with Crippen LogP contribution in [0.4, 0.5) is 0 Å². The van der Waals surface area contributed by atoms with Gasteiger partial charge in [0.15, 0.2) is 5.76 Å². The molecule has 0 bridgehead atoms. The first kappa shape index (κ1) is 18.5. The number of benzene rings is 1. The summed E-state index contributed by atoms with van der Waals surface area (Å²) in [6.07, 6.45) is 3.36. The minimum absolute atomic E-state index is 0.0460. The van der Waals surface area contributed by atoms with Gasteiger partial charge < -0.3 is 20.0 Å². The fourth-order valence-electron chi connectivity index (χ4n) is 1.98. The minimum Gasteiger partial charge on any atom is -0.481 e. The van der Waals surface area contributed by atoms with Crippen molar-refractivity contribution in [3.05, 3.63) is 47.9 Å². The third kappa shape index (κ3) is 5.97. The number of thioether (sulfide) groups is 1. The zero-order chi connectivity index (χ0) is 17.4. The second-order valence-corrected chi connectivity index (χ2v) is 6.72. The Balaban J connectivity index is 1.81. The summed E-state index contributed by atoms with van der Waals surface area (Å²) in [7, 11) is 0. The monoisotopic (exact) mass is 345 g/mol. The van der Waals surface area contributed by atoms with Crippen LogP contribution < -0.4 is 10.5 Å². The zero-order valence-electron chi connectivity index (χ0n) is 14.0. The fraction of sp³-hybridized carbons (Fsp3) is 0.368. The highest BCUT2D eigenvalue weighted by Crippen LogP contribution is 2.18. The van der Waals surface area contributed by atoms with Gasteiger partial charge >= 0.3 is 0 Å². The van der Waals surface area contributed by atoms with Gasteiger partial charge in [0, 0.05) is 16.9 Å². The normalized spacial score (nSPS) is 13.0. The highest BCUT2D eigenvalue weighted by Gasteiger charge is 2.17. The highest BCUT2D eigenvalue weighted by atomic mass is 32.2. The molecule has 0 amide bonds. The Labute approximate surface area is 147 Å². The molecule has 1 aromatic heterocycles. The molecule has 0 saturated carbocycles. The third-order valence-corrected chi connectivity index (χ3v) is 4.29. The molecule has 3 N–H and O–H groups in total. The van der Waals surface area contributed by atoms with E-state index in [1.807, 2.05) is 49.6 Å². The van der Waals surface area contributed by atoms with Gasteiger partial charge in [-0.1, -0.05) is 5.92 Å². The first-order valence-corrected chi connectivity index (χ1v) is 8.99. The summed E-state index contributed by atoms with van der Waals surface area (Å²) in [5.74, 6) is 8.11.